The predicted molar refractivity (Wildman–Crippen MR) is 87.6 cm³/mol. The van der Waals surface area contributed by atoms with Gasteiger partial charge in [-0.2, -0.15) is 0 Å². The van der Waals surface area contributed by atoms with Gasteiger partial charge in [0.1, 0.15) is 0 Å². The smallest absolute Gasteiger partial charge is 0.0108 e. The maximum atomic E-state index is 3.70. The molecule has 0 bridgehead atoms. The van der Waals surface area contributed by atoms with E-state index in [0.29, 0.717) is 5.92 Å². The average molecular weight is 290 g/mol. The number of thioether (sulfide) groups is 1. The van der Waals surface area contributed by atoms with Crippen LogP contribution in [0.2, 0.25) is 0 Å². The van der Waals surface area contributed by atoms with Crippen LogP contribution in [0.1, 0.15) is 31.2 Å². The van der Waals surface area contributed by atoms with Gasteiger partial charge in [0.05, 0.1) is 0 Å². The van der Waals surface area contributed by atoms with Crippen molar-refractivity contribution in [2.75, 3.05) is 38.5 Å². The Labute approximate surface area is 127 Å². The van der Waals surface area contributed by atoms with Crippen LogP contribution in [0, 0.1) is 5.92 Å². The molecule has 0 saturated carbocycles. The zero-order chi connectivity index (χ0) is 13.8. The van der Waals surface area contributed by atoms with Crippen LogP contribution in [0.4, 0.5) is 0 Å². The summed E-state index contributed by atoms with van der Waals surface area (Å²) in [5.74, 6) is 2.71. The van der Waals surface area contributed by atoms with Crippen molar-refractivity contribution in [1.82, 2.24) is 10.2 Å². The van der Waals surface area contributed by atoms with Crippen molar-refractivity contribution >= 4 is 11.8 Å². The van der Waals surface area contributed by atoms with Crippen molar-refractivity contribution in [1.29, 1.82) is 0 Å². The quantitative estimate of drug-likeness (QED) is 0.866. The van der Waals surface area contributed by atoms with Crippen LogP contribution in [0.15, 0.2) is 29.2 Å². The van der Waals surface area contributed by atoms with Crippen molar-refractivity contribution in [2.24, 2.45) is 5.92 Å². The lowest BCUT2D eigenvalue weighted by molar-refractivity contribution is 0.282. The van der Waals surface area contributed by atoms with Gasteiger partial charge in [-0.15, -0.1) is 11.8 Å². The first-order chi connectivity index (χ1) is 9.83. The Morgan fingerprint density at radius 1 is 1.30 bits per heavy atom. The molecule has 20 heavy (non-hydrogen) atoms. The summed E-state index contributed by atoms with van der Waals surface area (Å²) in [7, 11) is 0. The first kappa shape index (κ1) is 14.4. The minimum absolute atomic E-state index is 0.704. The zero-order valence-electron chi connectivity index (χ0n) is 12.5. The van der Waals surface area contributed by atoms with Crippen molar-refractivity contribution in [3.05, 3.63) is 29.8 Å². The van der Waals surface area contributed by atoms with Crippen molar-refractivity contribution in [3.63, 3.8) is 0 Å². The van der Waals surface area contributed by atoms with E-state index in [0.717, 1.165) is 19.0 Å². The van der Waals surface area contributed by atoms with Gasteiger partial charge in [0.2, 0.25) is 0 Å². The molecule has 1 saturated heterocycles. The Morgan fingerprint density at radius 2 is 2.10 bits per heavy atom. The monoisotopic (exact) mass is 290 g/mol. The molecule has 0 spiro atoms. The van der Waals surface area contributed by atoms with Crippen LogP contribution in [-0.2, 0) is 0 Å². The Morgan fingerprint density at radius 3 is 2.95 bits per heavy atom. The first-order valence-electron chi connectivity index (χ1n) is 7.97. The number of hydrogen-bond acceptors (Lipinski definition) is 3. The summed E-state index contributed by atoms with van der Waals surface area (Å²) in [5.41, 5.74) is 1.55. The van der Waals surface area contributed by atoms with E-state index in [1.54, 1.807) is 5.56 Å². The maximum absolute atomic E-state index is 3.70. The summed E-state index contributed by atoms with van der Waals surface area (Å²) in [5, 5.41) is 3.70. The fraction of sp³-hybridized carbons (Fsp3) is 0.647. The maximum Gasteiger partial charge on any atom is 0.0108 e. The van der Waals surface area contributed by atoms with E-state index in [1.165, 1.54) is 43.1 Å². The molecule has 0 aromatic heterocycles. The number of hydrogen-bond donors (Lipinski definition) is 1. The van der Waals surface area contributed by atoms with Crippen LogP contribution < -0.4 is 5.32 Å². The molecule has 1 fully saturated rings. The van der Waals surface area contributed by atoms with Gasteiger partial charge < -0.3 is 10.2 Å². The highest BCUT2D eigenvalue weighted by Gasteiger charge is 2.22. The second kappa shape index (κ2) is 6.97. The second-order valence-electron chi connectivity index (χ2n) is 6.32. The minimum Gasteiger partial charge on any atom is -0.316 e. The number of fused-ring (bicyclic) bond motifs is 1. The number of likely N-dealkylation sites (tertiary alicyclic amines) is 1. The van der Waals surface area contributed by atoms with E-state index in [2.05, 4.69) is 41.4 Å². The van der Waals surface area contributed by atoms with Gasteiger partial charge in [0, 0.05) is 29.7 Å². The highest BCUT2D eigenvalue weighted by molar-refractivity contribution is 7.99. The fourth-order valence-electron chi connectivity index (χ4n) is 3.37. The summed E-state index contributed by atoms with van der Waals surface area (Å²) in [4.78, 5) is 4.11. The van der Waals surface area contributed by atoms with E-state index < -0.39 is 0 Å². The average Bonchev–Trinajstić information content (AvgIpc) is 3.09. The summed E-state index contributed by atoms with van der Waals surface area (Å²) in [6, 6.07) is 8.89. The van der Waals surface area contributed by atoms with Gasteiger partial charge in [0.15, 0.2) is 0 Å². The van der Waals surface area contributed by atoms with Gasteiger partial charge >= 0.3 is 0 Å². The van der Waals surface area contributed by atoms with Crippen LogP contribution in [-0.4, -0.2) is 43.4 Å². The predicted octanol–water partition coefficient (Wildman–Crippen LogP) is 3.20. The normalized spacial score (nSPS) is 23.9. The van der Waals surface area contributed by atoms with E-state index in [4.69, 9.17) is 0 Å². The van der Waals surface area contributed by atoms with Gasteiger partial charge in [-0.1, -0.05) is 25.1 Å². The molecule has 110 valence electrons. The number of nitrogens with zero attached hydrogens (tertiary/aromatic N) is 1. The molecule has 0 amide bonds. The Kier molecular flexibility index (Phi) is 5.03. The first-order valence-corrected chi connectivity index (χ1v) is 8.96. The van der Waals surface area contributed by atoms with E-state index in [1.807, 2.05) is 11.8 Å². The number of nitrogens with one attached hydrogen (secondary N) is 1. The van der Waals surface area contributed by atoms with Gasteiger partial charge in [0.25, 0.3) is 0 Å². The Balaban J connectivity index is 1.40. The molecule has 0 aliphatic carbocycles. The van der Waals surface area contributed by atoms with Crippen molar-refractivity contribution in [3.8, 4) is 0 Å². The molecule has 3 rings (SSSR count). The van der Waals surface area contributed by atoms with Crippen LogP contribution in [0.5, 0.6) is 0 Å². The molecule has 2 heterocycles. The summed E-state index contributed by atoms with van der Waals surface area (Å²) >= 11 is 2.01. The fourth-order valence-corrected chi connectivity index (χ4v) is 4.63. The molecule has 3 heteroatoms. The van der Waals surface area contributed by atoms with Crippen LogP contribution in [0.3, 0.4) is 0 Å². The minimum atomic E-state index is 0.704. The van der Waals surface area contributed by atoms with Crippen molar-refractivity contribution in [2.45, 2.75) is 30.6 Å². The topological polar surface area (TPSA) is 15.3 Å². The molecule has 2 aliphatic rings. The molecule has 1 aromatic rings. The highest BCUT2D eigenvalue weighted by Crippen LogP contribution is 2.38. The molecular weight excluding hydrogens is 264 g/mol. The summed E-state index contributed by atoms with van der Waals surface area (Å²) in [6.07, 6.45) is 2.80. The largest absolute Gasteiger partial charge is 0.316 e. The highest BCUT2D eigenvalue weighted by atomic mass is 32.2. The van der Waals surface area contributed by atoms with Crippen molar-refractivity contribution < 1.29 is 0 Å². The van der Waals surface area contributed by atoms with E-state index in [-0.39, 0.29) is 0 Å². The molecule has 0 radical (unpaired) electrons. The lowest BCUT2D eigenvalue weighted by Crippen LogP contribution is -2.33. The molecule has 1 aromatic carbocycles. The van der Waals surface area contributed by atoms with Gasteiger partial charge in [-0.25, -0.2) is 0 Å². The lowest BCUT2D eigenvalue weighted by atomic mass is 10.0. The summed E-state index contributed by atoms with van der Waals surface area (Å²) < 4.78 is 0. The Hall–Kier alpha value is -0.510. The number of benzene rings is 1. The molecule has 2 aliphatic heterocycles. The summed E-state index contributed by atoms with van der Waals surface area (Å²) in [6.45, 7) is 8.56. The zero-order valence-corrected chi connectivity index (χ0v) is 13.3. The molecule has 2 nitrogen and oxygen atoms in total. The standard InChI is InChI=1S/C17H26N2S/c1-14(12-19-8-4-5-9-19)10-18-11-15-13-20-17-7-3-2-6-16(15)17/h2-3,6-7,14-15,18H,4-5,8-13H2,1H3. The molecule has 2 atom stereocenters. The second-order valence-corrected chi connectivity index (χ2v) is 7.38. The molecule has 2 unspecified atom stereocenters. The van der Waals surface area contributed by atoms with E-state index >= 15 is 0 Å². The van der Waals surface area contributed by atoms with E-state index in [9.17, 15) is 0 Å². The third kappa shape index (κ3) is 3.57. The molecule has 1 N–H and O–H groups in total. The number of rotatable bonds is 6. The lowest BCUT2D eigenvalue weighted by Gasteiger charge is -2.21. The van der Waals surface area contributed by atoms with Crippen LogP contribution >= 0.6 is 11.8 Å². The van der Waals surface area contributed by atoms with Gasteiger partial charge in [-0.05, 0) is 50.0 Å². The van der Waals surface area contributed by atoms with Gasteiger partial charge in [-0.3, -0.25) is 0 Å². The SMILES string of the molecule is CC(CNCC1CSc2ccccc21)CN1CCCC1. The Bertz CT molecular complexity index is 429. The molecular formula is C17H26N2S. The third-order valence-corrected chi connectivity index (χ3v) is 5.70. The third-order valence-electron chi connectivity index (χ3n) is 4.45. The van der Waals surface area contributed by atoms with Crippen LogP contribution in [0.25, 0.3) is 0 Å².